The first kappa shape index (κ1) is 25.0. The first-order valence-electron chi connectivity index (χ1n) is 15.1. The number of rotatable bonds is 7. The molecule has 0 nitrogen and oxygen atoms in total. The molecular formula is C31H51P2. The molecule has 1 atom stereocenters. The maximum Gasteiger partial charge on any atom is 0.0342 e. The minimum absolute atomic E-state index is 0.0424. The summed E-state index contributed by atoms with van der Waals surface area (Å²) in [6.45, 7) is 2.73. The molecule has 5 aliphatic carbocycles. The van der Waals surface area contributed by atoms with Crippen molar-refractivity contribution in [1.29, 1.82) is 0 Å². The largest absolute Gasteiger partial charge is 0.0962 e. The van der Waals surface area contributed by atoms with Crippen LogP contribution in [0.3, 0.4) is 0 Å². The maximum absolute atomic E-state index is 2.73. The Balaban J connectivity index is 1.39. The van der Waals surface area contributed by atoms with Crippen LogP contribution in [0.1, 0.15) is 135 Å². The van der Waals surface area contributed by atoms with Gasteiger partial charge in [-0.2, -0.15) is 0 Å². The summed E-state index contributed by atoms with van der Waals surface area (Å²) in [5.41, 5.74) is 5.09. The van der Waals surface area contributed by atoms with Crippen LogP contribution < -0.4 is 0 Å². The average molecular weight is 486 g/mol. The van der Waals surface area contributed by atoms with Crippen LogP contribution >= 0.6 is 15.8 Å². The Bertz CT molecular complexity index is 606. The van der Waals surface area contributed by atoms with Crippen LogP contribution in [-0.4, -0.2) is 28.3 Å². The van der Waals surface area contributed by atoms with Crippen molar-refractivity contribution in [2.45, 2.75) is 164 Å². The SMILES string of the molecule is CC([C]1C=CC=C1P(C1CCCCC1)C1CCCCC1)P(C1CCCCC1)C1CCCCC1. The quantitative estimate of drug-likeness (QED) is 0.315. The van der Waals surface area contributed by atoms with Crippen molar-refractivity contribution >= 4 is 15.8 Å². The second-order valence-corrected chi connectivity index (χ2v) is 18.0. The Morgan fingerprint density at radius 1 is 0.576 bits per heavy atom. The monoisotopic (exact) mass is 485 g/mol. The van der Waals surface area contributed by atoms with E-state index in [0.717, 1.165) is 28.3 Å². The summed E-state index contributed by atoms with van der Waals surface area (Å²) >= 11 is 0. The zero-order chi connectivity index (χ0) is 22.5. The number of hydrogen-bond acceptors (Lipinski definition) is 0. The summed E-state index contributed by atoms with van der Waals surface area (Å²) in [7, 11) is 0.168. The van der Waals surface area contributed by atoms with E-state index in [4.69, 9.17) is 0 Å². The molecule has 5 aliphatic rings. The molecule has 1 radical (unpaired) electrons. The van der Waals surface area contributed by atoms with Crippen LogP contribution in [-0.2, 0) is 0 Å². The molecule has 0 aliphatic heterocycles. The first-order chi connectivity index (χ1) is 16.3. The van der Waals surface area contributed by atoms with Gasteiger partial charge >= 0.3 is 0 Å². The number of hydrogen-bond donors (Lipinski definition) is 0. The summed E-state index contributed by atoms with van der Waals surface area (Å²) in [4.78, 5) is 0. The molecule has 0 amide bonds. The molecule has 5 rings (SSSR count). The maximum atomic E-state index is 2.73. The Hall–Kier alpha value is 0.340. The third-order valence-electron chi connectivity index (χ3n) is 9.93. The van der Waals surface area contributed by atoms with Gasteiger partial charge in [-0.15, -0.1) is 0 Å². The van der Waals surface area contributed by atoms with Gasteiger partial charge in [0, 0.05) is 5.92 Å². The van der Waals surface area contributed by atoms with Gasteiger partial charge in [0.05, 0.1) is 0 Å². The predicted molar refractivity (Wildman–Crippen MR) is 151 cm³/mol. The highest BCUT2D eigenvalue weighted by Crippen LogP contribution is 2.69. The van der Waals surface area contributed by atoms with E-state index in [0.29, 0.717) is 0 Å². The lowest BCUT2D eigenvalue weighted by atomic mass is 9.99. The molecule has 0 N–H and O–H groups in total. The van der Waals surface area contributed by atoms with Crippen LogP contribution in [0.15, 0.2) is 23.5 Å². The third kappa shape index (κ3) is 6.02. The van der Waals surface area contributed by atoms with E-state index in [-0.39, 0.29) is 15.8 Å². The van der Waals surface area contributed by atoms with Gasteiger partial charge in [0.25, 0.3) is 0 Å². The normalized spacial score (nSPS) is 28.6. The topological polar surface area (TPSA) is 0 Å². The zero-order valence-corrected chi connectivity index (χ0v) is 23.4. The van der Waals surface area contributed by atoms with E-state index in [1.807, 2.05) is 11.2 Å². The molecule has 0 spiro atoms. The zero-order valence-electron chi connectivity index (χ0n) is 21.7. The standard InChI is InChI=1S/C31H51P2/c1-25(32(26-15-6-2-7-16-26)27-17-8-3-9-18-27)30-23-14-24-31(30)33(28-19-10-4-11-20-28)29-21-12-5-13-22-29/h14,23-29H,2-13,15-22H2,1H3. The second kappa shape index (κ2) is 12.5. The van der Waals surface area contributed by atoms with Crippen LogP contribution in [0.2, 0.25) is 0 Å². The summed E-state index contributed by atoms with van der Waals surface area (Å²) in [5.74, 6) is 1.87. The molecule has 4 saturated carbocycles. The van der Waals surface area contributed by atoms with Crippen molar-refractivity contribution in [3.8, 4) is 0 Å². The summed E-state index contributed by atoms with van der Waals surface area (Å²) in [6.07, 6.45) is 38.4. The molecule has 0 saturated heterocycles. The molecular weight excluding hydrogens is 434 g/mol. The van der Waals surface area contributed by atoms with Gasteiger partial charge in [-0.25, -0.2) is 0 Å². The highest BCUT2D eigenvalue weighted by molar-refractivity contribution is 7.64. The molecule has 0 aromatic heterocycles. The highest BCUT2D eigenvalue weighted by atomic mass is 31.1. The summed E-state index contributed by atoms with van der Waals surface area (Å²) in [6, 6.07) is 0. The molecule has 4 fully saturated rings. The Morgan fingerprint density at radius 2 is 0.970 bits per heavy atom. The van der Waals surface area contributed by atoms with Gasteiger partial charge in [0.2, 0.25) is 0 Å². The molecule has 1 unspecified atom stereocenters. The Kier molecular flexibility index (Phi) is 9.50. The smallest absolute Gasteiger partial charge is 0.0342 e. The van der Waals surface area contributed by atoms with Crippen LogP contribution in [0.25, 0.3) is 0 Å². The van der Waals surface area contributed by atoms with E-state index >= 15 is 0 Å². The van der Waals surface area contributed by atoms with Crippen molar-refractivity contribution in [3.05, 3.63) is 29.5 Å². The van der Waals surface area contributed by atoms with E-state index in [9.17, 15) is 0 Å². The third-order valence-corrected chi connectivity index (χ3v) is 17.4. The van der Waals surface area contributed by atoms with E-state index in [2.05, 4.69) is 25.2 Å². The second-order valence-electron chi connectivity index (χ2n) is 12.1. The van der Waals surface area contributed by atoms with Crippen LogP contribution in [0, 0.1) is 5.92 Å². The molecule has 185 valence electrons. The van der Waals surface area contributed by atoms with E-state index < -0.39 is 0 Å². The summed E-state index contributed by atoms with van der Waals surface area (Å²) < 4.78 is 0. The molecule has 2 heteroatoms. The van der Waals surface area contributed by atoms with Crippen molar-refractivity contribution in [2.24, 2.45) is 0 Å². The lowest BCUT2D eigenvalue weighted by Gasteiger charge is -2.46. The van der Waals surface area contributed by atoms with Gasteiger partial charge < -0.3 is 0 Å². The van der Waals surface area contributed by atoms with Gasteiger partial charge in [-0.05, 0) is 85.0 Å². The van der Waals surface area contributed by atoms with Gasteiger partial charge in [-0.3, -0.25) is 0 Å². The van der Waals surface area contributed by atoms with Gasteiger partial charge in [0.15, 0.2) is 0 Å². The van der Waals surface area contributed by atoms with Crippen LogP contribution in [0.5, 0.6) is 0 Å². The summed E-state index contributed by atoms with van der Waals surface area (Å²) in [5, 5.41) is 1.93. The molecule has 33 heavy (non-hydrogen) atoms. The Labute approximate surface area is 208 Å². The highest BCUT2D eigenvalue weighted by Gasteiger charge is 2.43. The fourth-order valence-electron chi connectivity index (χ4n) is 8.27. The molecule has 0 bridgehead atoms. The first-order valence-corrected chi connectivity index (χ1v) is 18.2. The predicted octanol–water partition coefficient (Wildman–Crippen LogP) is 10.7. The van der Waals surface area contributed by atoms with Crippen molar-refractivity contribution in [1.82, 2.24) is 0 Å². The Morgan fingerprint density at radius 3 is 1.39 bits per heavy atom. The van der Waals surface area contributed by atoms with Crippen molar-refractivity contribution in [3.63, 3.8) is 0 Å². The fraction of sp³-hybridized carbons (Fsp3) is 0.839. The molecule has 0 aromatic rings. The lowest BCUT2D eigenvalue weighted by Crippen LogP contribution is -2.29. The average Bonchev–Trinajstić information content (AvgIpc) is 3.36. The van der Waals surface area contributed by atoms with Crippen molar-refractivity contribution in [2.75, 3.05) is 0 Å². The van der Waals surface area contributed by atoms with E-state index in [1.165, 1.54) is 77.0 Å². The van der Waals surface area contributed by atoms with Crippen LogP contribution in [0.4, 0.5) is 0 Å². The number of allylic oxidation sites excluding steroid dienone is 4. The molecule has 0 aromatic carbocycles. The minimum Gasteiger partial charge on any atom is -0.0962 e. The van der Waals surface area contributed by atoms with Gasteiger partial charge in [-0.1, -0.05) is 118 Å². The van der Waals surface area contributed by atoms with E-state index in [1.54, 1.807) is 51.4 Å². The minimum atomic E-state index is 0.0424. The fourth-order valence-corrected chi connectivity index (χ4v) is 16.8. The lowest BCUT2D eigenvalue weighted by molar-refractivity contribution is 0.481. The van der Waals surface area contributed by atoms with Gasteiger partial charge in [0.1, 0.15) is 0 Å². The van der Waals surface area contributed by atoms with Crippen molar-refractivity contribution < 1.29 is 0 Å². The molecule has 0 heterocycles.